The number of hydrogen-bond acceptors (Lipinski definition) is 5. The second kappa shape index (κ2) is 7.73. The van der Waals surface area contributed by atoms with Crippen LogP contribution in [0.15, 0.2) is 18.5 Å². The Balaban J connectivity index is 1.74. The van der Waals surface area contributed by atoms with Crippen LogP contribution in [-0.2, 0) is 0 Å². The molecule has 0 aliphatic carbocycles. The van der Waals surface area contributed by atoms with Gasteiger partial charge in [-0.15, -0.1) is 0 Å². The molecule has 148 valence electrons. The number of piperidine rings is 1. The van der Waals surface area contributed by atoms with Crippen LogP contribution < -0.4 is 16.5 Å². The number of amides is 1. The predicted octanol–water partition coefficient (Wildman–Crippen LogP) is 2.24. The topological polar surface area (TPSA) is 99.1 Å². The number of fused-ring (bicyclic) bond motifs is 1. The first-order chi connectivity index (χ1) is 12.7. The summed E-state index contributed by atoms with van der Waals surface area (Å²) in [6, 6.07) is 1.96. The molecule has 1 saturated heterocycles. The summed E-state index contributed by atoms with van der Waals surface area (Å²) in [6.45, 7) is 1.87. The number of aromatic nitrogens is 2. The fraction of sp³-hybridized carbons (Fsp3) is 0.529. The smallest absolute Gasteiger partial charge is 0.365 e. The molecule has 1 aliphatic rings. The van der Waals surface area contributed by atoms with Gasteiger partial charge in [0, 0.05) is 30.4 Å². The van der Waals surface area contributed by atoms with E-state index in [-0.39, 0.29) is 24.1 Å². The zero-order valence-corrected chi connectivity index (χ0v) is 14.9. The van der Waals surface area contributed by atoms with Crippen LogP contribution in [0.25, 0.3) is 11.0 Å². The Morgan fingerprint density at radius 1 is 1.44 bits per heavy atom. The van der Waals surface area contributed by atoms with Crippen molar-refractivity contribution in [1.82, 2.24) is 20.3 Å². The summed E-state index contributed by atoms with van der Waals surface area (Å²) in [4.78, 5) is 19.0. The molecule has 3 rings (SSSR count). The molecule has 7 nitrogen and oxygen atoms in total. The lowest BCUT2D eigenvalue weighted by Gasteiger charge is -2.39. The van der Waals surface area contributed by atoms with Crippen molar-refractivity contribution in [2.45, 2.75) is 32.0 Å². The van der Waals surface area contributed by atoms with Crippen molar-refractivity contribution >= 4 is 22.6 Å². The molecule has 0 spiro atoms. The number of carbonyl (C=O) groups is 1. The third-order valence-electron chi connectivity index (χ3n) is 4.85. The summed E-state index contributed by atoms with van der Waals surface area (Å²) in [6.07, 6.45) is 0.590. The molecule has 10 heteroatoms. The molecule has 0 saturated carbocycles. The van der Waals surface area contributed by atoms with Crippen molar-refractivity contribution < 1.29 is 18.0 Å². The highest BCUT2D eigenvalue weighted by molar-refractivity contribution is 6.05. The summed E-state index contributed by atoms with van der Waals surface area (Å²) >= 11 is 0. The van der Waals surface area contributed by atoms with E-state index in [4.69, 9.17) is 5.73 Å². The van der Waals surface area contributed by atoms with Gasteiger partial charge in [0.15, 0.2) is 0 Å². The van der Waals surface area contributed by atoms with Crippen molar-refractivity contribution in [3.8, 4) is 0 Å². The van der Waals surface area contributed by atoms with Gasteiger partial charge in [0.25, 0.3) is 5.91 Å². The third kappa shape index (κ3) is 4.69. The Hall–Kier alpha value is -2.33. The van der Waals surface area contributed by atoms with E-state index in [2.05, 4.69) is 20.7 Å². The van der Waals surface area contributed by atoms with Crippen LogP contribution in [0.2, 0.25) is 0 Å². The van der Waals surface area contributed by atoms with Gasteiger partial charge >= 0.3 is 6.18 Å². The van der Waals surface area contributed by atoms with E-state index < -0.39 is 18.6 Å². The second-order valence-corrected chi connectivity index (χ2v) is 6.95. The Morgan fingerprint density at radius 3 is 2.93 bits per heavy atom. The molecule has 1 fully saturated rings. The molecule has 1 amide bonds. The van der Waals surface area contributed by atoms with E-state index in [1.165, 1.54) is 6.20 Å². The van der Waals surface area contributed by atoms with Crippen molar-refractivity contribution in [1.29, 1.82) is 0 Å². The number of rotatable bonds is 6. The predicted molar refractivity (Wildman–Crippen MR) is 96.1 cm³/mol. The number of pyridine rings is 1. The Bertz CT molecular complexity index is 806. The standard InChI is InChI=1S/C17H23F3N6O/c1-10-2-3-11(6-22-9-17(18,19)20)8-26(10)25-14-12-4-5-23-16(12)24-7-13(14)15(21)27/h4-5,7,10-11,22H,2-3,6,8-9H2,1H3,(H2,21,27)(H2,23,24,25)/t10-,11?/m0/s1. The lowest BCUT2D eigenvalue weighted by atomic mass is 9.94. The highest BCUT2D eigenvalue weighted by Crippen LogP contribution is 2.29. The number of H-pyrrole nitrogens is 1. The number of nitrogens with zero attached hydrogens (tertiary/aromatic N) is 2. The van der Waals surface area contributed by atoms with Crippen LogP contribution in [0.5, 0.6) is 0 Å². The number of hydrazine groups is 1. The van der Waals surface area contributed by atoms with Gasteiger partial charge in [0.1, 0.15) is 5.65 Å². The molecule has 2 atom stereocenters. The fourth-order valence-corrected chi connectivity index (χ4v) is 3.38. The number of carbonyl (C=O) groups excluding carboxylic acids is 1. The third-order valence-corrected chi connectivity index (χ3v) is 4.85. The van der Waals surface area contributed by atoms with Crippen molar-refractivity contribution in [3.05, 3.63) is 24.0 Å². The highest BCUT2D eigenvalue weighted by atomic mass is 19.4. The molecule has 0 aromatic carbocycles. The fourth-order valence-electron chi connectivity index (χ4n) is 3.38. The Labute approximate surface area is 154 Å². The van der Waals surface area contributed by atoms with Crippen molar-refractivity contribution in [2.24, 2.45) is 11.7 Å². The molecule has 2 aromatic rings. The Kier molecular flexibility index (Phi) is 5.56. The summed E-state index contributed by atoms with van der Waals surface area (Å²) in [5.74, 6) is -0.530. The van der Waals surface area contributed by atoms with E-state index in [0.717, 1.165) is 18.2 Å². The Morgan fingerprint density at radius 2 is 2.22 bits per heavy atom. The zero-order chi connectivity index (χ0) is 19.6. The number of aromatic amines is 1. The first kappa shape index (κ1) is 19.4. The van der Waals surface area contributed by atoms with E-state index >= 15 is 0 Å². The van der Waals surface area contributed by atoms with E-state index in [1.54, 1.807) is 12.3 Å². The molecular formula is C17H23F3N6O. The average molecular weight is 384 g/mol. The average Bonchev–Trinajstić information content (AvgIpc) is 3.05. The maximum absolute atomic E-state index is 12.3. The minimum Gasteiger partial charge on any atom is -0.365 e. The van der Waals surface area contributed by atoms with Gasteiger partial charge in [-0.1, -0.05) is 0 Å². The number of hydrogen-bond donors (Lipinski definition) is 4. The molecular weight excluding hydrogens is 361 g/mol. The quantitative estimate of drug-likeness (QED) is 0.612. The first-order valence-electron chi connectivity index (χ1n) is 8.81. The number of nitrogens with two attached hydrogens (primary N) is 1. The van der Waals surface area contributed by atoms with Crippen molar-refractivity contribution in [2.75, 3.05) is 25.1 Å². The van der Waals surface area contributed by atoms with Crippen LogP contribution in [0.4, 0.5) is 18.9 Å². The van der Waals surface area contributed by atoms with E-state index in [0.29, 0.717) is 17.9 Å². The summed E-state index contributed by atoms with van der Waals surface area (Å²) in [7, 11) is 0. The minimum atomic E-state index is -4.22. The van der Waals surface area contributed by atoms with Gasteiger partial charge in [-0.05, 0) is 38.3 Å². The van der Waals surface area contributed by atoms with Gasteiger partial charge < -0.3 is 21.5 Å². The van der Waals surface area contributed by atoms with Gasteiger partial charge in [-0.2, -0.15) is 13.2 Å². The molecule has 5 N–H and O–H groups in total. The highest BCUT2D eigenvalue weighted by Gasteiger charge is 2.30. The SMILES string of the molecule is C[C@H]1CCC(CNCC(F)(F)F)CN1Nc1c(C(N)=O)cnc2[nH]ccc12. The zero-order valence-electron chi connectivity index (χ0n) is 14.9. The maximum atomic E-state index is 12.3. The van der Waals surface area contributed by atoms with Crippen LogP contribution in [0, 0.1) is 5.92 Å². The largest absolute Gasteiger partial charge is 0.401 e. The summed E-state index contributed by atoms with van der Waals surface area (Å²) in [5.41, 5.74) is 10.2. The lowest BCUT2D eigenvalue weighted by molar-refractivity contribution is -0.125. The number of alkyl halides is 3. The van der Waals surface area contributed by atoms with Crippen LogP contribution in [0.1, 0.15) is 30.1 Å². The summed E-state index contributed by atoms with van der Waals surface area (Å²) in [5, 5.41) is 5.17. The number of halogens is 3. The number of primary amides is 1. The van der Waals surface area contributed by atoms with Gasteiger partial charge in [0.05, 0.1) is 17.8 Å². The van der Waals surface area contributed by atoms with Crippen LogP contribution in [-0.4, -0.2) is 52.7 Å². The number of nitrogens with one attached hydrogen (secondary N) is 3. The normalized spacial score (nSPS) is 21.5. The molecule has 0 radical (unpaired) electrons. The van der Waals surface area contributed by atoms with E-state index in [1.807, 2.05) is 11.9 Å². The molecule has 0 bridgehead atoms. The number of anilines is 1. The van der Waals surface area contributed by atoms with E-state index in [9.17, 15) is 18.0 Å². The van der Waals surface area contributed by atoms with Gasteiger partial charge in [0.2, 0.25) is 0 Å². The van der Waals surface area contributed by atoms with Crippen molar-refractivity contribution in [3.63, 3.8) is 0 Å². The molecule has 1 aliphatic heterocycles. The van der Waals surface area contributed by atoms with Gasteiger partial charge in [-0.25, -0.2) is 9.99 Å². The van der Waals surface area contributed by atoms with Crippen LogP contribution in [0.3, 0.4) is 0 Å². The first-order valence-corrected chi connectivity index (χ1v) is 8.81. The second-order valence-electron chi connectivity index (χ2n) is 6.95. The lowest BCUT2D eigenvalue weighted by Crippen LogP contribution is -2.48. The maximum Gasteiger partial charge on any atom is 0.401 e. The molecule has 1 unspecified atom stereocenters. The molecule has 27 heavy (non-hydrogen) atoms. The molecule has 2 aromatic heterocycles. The molecule has 3 heterocycles. The monoisotopic (exact) mass is 384 g/mol. The summed E-state index contributed by atoms with van der Waals surface area (Å²) < 4.78 is 37.0. The minimum absolute atomic E-state index is 0.0663. The van der Waals surface area contributed by atoms with Gasteiger partial charge in [-0.3, -0.25) is 4.79 Å². The van der Waals surface area contributed by atoms with Crippen LogP contribution >= 0.6 is 0 Å².